The molecule has 4 N–H and O–H groups in total. The Balaban J connectivity index is 2.98. The maximum atomic E-state index is 12.7. The second-order valence-electron chi connectivity index (χ2n) is 13.3. The first-order chi connectivity index (χ1) is 21.7. The smallest absolute Gasteiger partial charge is 0.407 e. The van der Waals surface area contributed by atoms with Gasteiger partial charge in [-0.25, -0.2) is 4.79 Å². The Bertz CT molecular complexity index is 975. The van der Waals surface area contributed by atoms with Crippen LogP contribution in [0, 0.1) is 17.8 Å². The summed E-state index contributed by atoms with van der Waals surface area (Å²) in [5.74, 6) is -0.550. The van der Waals surface area contributed by atoms with Crippen LogP contribution in [-0.4, -0.2) is 90.4 Å². The molecule has 0 aromatic rings. The molecule has 0 fully saturated rings. The summed E-state index contributed by atoms with van der Waals surface area (Å²) in [6.45, 7) is 14.0. The minimum absolute atomic E-state index is 0.0231. The molecule has 1 aliphatic rings. The number of cyclic esters (lactones) is 1. The zero-order valence-corrected chi connectivity index (χ0v) is 29.7. The third-order valence-electron chi connectivity index (χ3n) is 8.97. The van der Waals surface area contributed by atoms with Crippen molar-refractivity contribution in [3.05, 3.63) is 36.0 Å². The molecule has 46 heavy (non-hydrogen) atoms. The van der Waals surface area contributed by atoms with Crippen molar-refractivity contribution in [3.63, 3.8) is 0 Å². The Labute approximate surface area is 277 Å². The first-order valence-electron chi connectivity index (χ1n) is 17.0. The van der Waals surface area contributed by atoms with Gasteiger partial charge in [0.05, 0.1) is 30.8 Å². The van der Waals surface area contributed by atoms with Crippen LogP contribution in [-0.2, 0) is 23.7 Å². The summed E-state index contributed by atoms with van der Waals surface area (Å²) in [7, 11) is 3.35. The molecule has 0 saturated carbocycles. The number of alkyl carbamates (subject to hydrolysis) is 1. The highest BCUT2D eigenvalue weighted by Gasteiger charge is 2.35. The molecule has 1 rings (SSSR count). The monoisotopic (exact) mass is 653 g/mol. The Morgan fingerprint density at radius 2 is 1.85 bits per heavy atom. The summed E-state index contributed by atoms with van der Waals surface area (Å²) in [6.07, 6.45) is 8.96. The van der Waals surface area contributed by atoms with Crippen molar-refractivity contribution in [1.29, 1.82) is 0 Å². The van der Waals surface area contributed by atoms with Gasteiger partial charge in [0.25, 0.3) is 0 Å². The van der Waals surface area contributed by atoms with Gasteiger partial charge < -0.3 is 39.6 Å². The van der Waals surface area contributed by atoms with Gasteiger partial charge in [-0.05, 0) is 70.3 Å². The highest BCUT2D eigenvalue weighted by molar-refractivity contribution is 5.70. The largest absolute Gasteiger partial charge is 0.461 e. The molecule has 10 heteroatoms. The first kappa shape index (κ1) is 41.8. The lowest BCUT2D eigenvalue weighted by Crippen LogP contribution is -2.44. The van der Waals surface area contributed by atoms with Crippen LogP contribution in [0.2, 0.25) is 0 Å². The van der Waals surface area contributed by atoms with E-state index in [2.05, 4.69) is 19.2 Å². The van der Waals surface area contributed by atoms with E-state index in [1.54, 1.807) is 33.3 Å². The number of ether oxygens (including phenoxy) is 4. The second kappa shape index (κ2) is 21.6. The van der Waals surface area contributed by atoms with E-state index in [0.717, 1.165) is 18.4 Å². The van der Waals surface area contributed by atoms with E-state index in [1.165, 1.54) is 0 Å². The van der Waals surface area contributed by atoms with Crippen molar-refractivity contribution >= 4 is 12.1 Å². The van der Waals surface area contributed by atoms with Crippen LogP contribution in [0.25, 0.3) is 0 Å². The maximum Gasteiger partial charge on any atom is 0.407 e. The Morgan fingerprint density at radius 3 is 2.46 bits per heavy atom. The number of methoxy groups -OCH3 is 2. The second-order valence-corrected chi connectivity index (χ2v) is 13.3. The number of carbonyl (C=O) groups excluding carboxylic acids is 2. The van der Waals surface area contributed by atoms with Crippen molar-refractivity contribution in [2.75, 3.05) is 20.8 Å². The number of nitrogens with one attached hydrogen (secondary N) is 1. The lowest BCUT2D eigenvalue weighted by atomic mass is 9.88. The van der Waals surface area contributed by atoms with Crippen molar-refractivity contribution in [1.82, 2.24) is 5.32 Å². The number of amides is 1. The molecule has 0 bridgehead atoms. The normalized spacial score (nSPS) is 29.0. The third kappa shape index (κ3) is 15.1. The zero-order valence-electron chi connectivity index (χ0n) is 29.7. The van der Waals surface area contributed by atoms with Gasteiger partial charge in [-0.3, -0.25) is 4.79 Å². The quantitative estimate of drug-likeness (QED) is 0.0946. The predicted molar refractivity (Wildman–Crippen MR) is 180 cm³/mol. The average molecular weight is 654 g/mol. The minimum atomic E-state index is -1.45. The number of esters is 1. The molecule has 0 radical (unpaired) electrons. The fourth-order valence-electron chi connectivity index (χ4n) is 5.72. The van der Waals surface area contributed by atoms with E-state index >= 15 is 0 Å². The van der Waals surface area contributed by atoms with E-state index < -0.39 is 42.1 Å². The molecule has 1 amide bonds. The fraction of sp³-hybridized carbons (Fsp3) is 0.778. The molecule has 0 saturated heterocycles. The number of hydrogen-bond donors (Lipinski definition) is 4. The van der Waals surface area contributed by atoms with E-state index in [1.807, 2.05) is 45.9 Å². The Morgan fingerprint density at radius 1 is 1.17 bits per heavy atom. The van der Waals surface area contributed by atoms with Crippen LogP contribution in [0.3, 0.4) is 0 Å². The summed E-state index contributed by atoms with van der Waals surface area (Å²) >= 11 is 0. The van der Waals surface area contributed by atoms with E-state index in [9.17, 15) is 24.9 Å². The topological polar surface area (TPSA) is 144 Å². The molecule has 266 valence electrons. The van der Waals surface area contributed by atoms with Crippen molar-refractivity contribution in [2.24, 2.45) is 17.8 Å². The Kier molecular flexibility index (Phi) is 19.6. The zero-order chi connectivity index (χ0) is 34.9. The summed E-state index contributed by atoms with van der Waals surface area (Å²) in [5.41, 5.74) is -0.476. The van der Waals surface area contributed by atoms with Gasteiger partial charge in [0.2, 0.25) is 0 Å². The molecule has 0 aromatic carbocycles. The van der Waals surface area contributed by atoms with Crippen molar-refractivity contribution < 1.29 is 43.9 Å². The van der Waals surface area contributed by atoms with Gasteiger partial charge >= 0.3 is 12.1 Å². The van der Waals surface area contributed by atoms with Gasteiger partial charge in [-0.1, -0.05) is 64.5 Å². The molecule has 0 spiro atoms. The van der Waals surface area contributed by atoms with Gasteiger partial charge in [0, 0.05) is 33.1 Å². The molecule has 1 heterocycles. The molecule has 10 atom stereocenters. The van der Waals surface area contributed by atoms with Gasteiger partial charge in [-0.15, -0.1) is 0 Å². The average Bonchev–Trinajstić information content (AvgIpc) is 3.00. The molecule has 10 nitrogen and oxygen atoms in total. The maximum absolute atomic E-state index is 12.7. The number of hydrogen-bond acceptors (Lipinski definition) is 9. The number of aliphatic hydroxyl groups excluding tert-OH is 2. The van der Waals surface area contributed by atoms with Crippen LogP contribution in [0.5, 0.6) is 0 Å². The van der Waals surface area contributed by atoms with E-state index in [4.69, 9.17) is 18.9 Å². The molecule has 1 aliphatic heterocycles. The van der Waals surface area contributed by atoms with Gasteiger partial charge in [0.15, 0.2) is 6.10 Å². The van der Waals surface area contributed by atoms with Gasteiger partial charge in [0.1, 0.15) is 11.7 Å². The fourth-order valence-corrected chi connectivity index (χ4v) is 5.72. The van der Waals surface area contributed by atoms with Crippen LogP contribution in [0.15, 0.2) is 36.0 Å². The lowest BCUT2D eigenvalue weighted by Gasteiger charge is -2.32. The SMILES string of the molecule is CCCNC(=O)OC1/C=C/C(C)C(C/C(C)=C/C=C/CC(C)C(O)C(CC(C)C(CC)OC)OC)OC(=O)CC(O)CCC1(C)O. The summed E-state index contributed by atoms with van der Waals surface area (Å²) in [5, 5.41) is 35.3. The Hall–Kier alpha value is -2.24. The first-order valence-corrected chi connectivity index (χ1v) is 17.0. The predicted octanol–water partition coefficient (Wildman–Crippen LogP) is 5.64. The van der Waals surface area contributed by atoms with E-state index in [0.29, 0.717) is 25.8 Å². The molecular weight excluding hydrogens is 590 g/mol. The number of allylic oxidation sites excluding steroid dienone is 3. The van der Waals surface area contributed by atoms with Crippen LogP contribution >= 0.6 is 0 Å². The summed E-state index contributed by atoms with van der Waals surface area (Å²) in [6, 6.07) is 0. The molecule has 0 aromatic heterocycles. The number of carbonyl (C=O) groups is 2. The highest BCUT2D eigenvalue weighted by Crippen LogP contribution is 2.27. The molecule has 10 unspecified atom stereocenters. The standard InChI is InChI=1S/C36H63NO9/c1-10-20-37-35(41)46-32-17-16-25(4)30(45-33(39)23-28(38)18-19-36(32,7)42)21-24(3)14-12-13-15-26(5)34(40)31(44-9)22-27(6)29(11-2)43-8/h12-14,16-17,25-32,34,38,40,42H,10-11,15,18-23H2,1-9H3,(H,37,41)/b13-12+,17-16+,24-14+. The lowest BCUT2D eigenvalue weighted by molar-refractivity contribution is -0.153. The minimum Gasteiger partial charge on any atom is -0.461 e. The van der Waals surface area contributed by atoms with Crippen LogP contribution in [0.1, 0.15) is 99.8 Å². The van der Waals surface area contributed by atoms with Gasteiger partial charge in [-0.2, -0.15) is 0 Å². The number of rotatable bonds is 16. The molecular formula is C36H63NO9. The van der Waals surface area contributed by atoms with Crippen LogP contribution < -0.4 is 5.32 Å². The summed E-state index contributed by atoms with van der Waals surface area (Å²) in [4.78, 5) is 25.1. The number of aliphatic hydroxyl groups is 3. The molecule has 0 aliphatic carbocycles. The summed E-state index contributed by atoms with van der Waals surface area (Å²) < 4.78 is 22.6. The van der Waals surface area contributed by atoms with E-state index in [-0.39, 0.29) is 49.2 Å². The van der Waals surface area contributed by atoms with Crippen LogP contribution in [0.4, 0.5) is 4.79 Å². The third-order valence-corrected chi connectivity index (χ3v) is 8.97. The van der Waals surface area contributed by atoms with Crippen molar-refractivity contribution in [2.45, 2.75) is 142 Å². The van der Waals surface area contributed by atoms with Crippen molar-refractivity contribution in [3.8, 4) is 0 Å². The highest BCUT2D eigenvalue weighted by atomic mass is 16.6.